The molecule has 6 heteroatoms. The minimum Gasteiger partial charge on any atom is -0.491 e. The number of H-pyrrole nitrogens is 1. The third-order valence-corrected chi connectivity index (χ3v) is 2.58. The fraction of sp³-hybridized carbons (Fsp3) is 0.154. The van der Waals surface area contributed by atoms with Crippen LogP contribution in [0.25, 0.3) is 11.1 Å². The van der Waals surface area contributed by atoms with Crippen LogP contribution in [0.4, 0.5) is 5.69 Å². The normalized spacial score (nSPS) is 10.2. The third-order valence-electron chi connectivity index (χ3n) is 2.58. The van der Waals surface area contributed by atoms with Crippen molar-refractivity contribution in [3.8, 4) is 16.9 Å². The van der Waals surface area contributed by atoms with Crippen LogP contribution < -0.4 is 10.3 Å². The fourth-order valence-corrected chi connectivity index (χ4v) is 1.83. The Bertz CT molecular complexity index is 649. The number of hydrogen-bond acceptors (Lipinski definition) is 4. The fourth-order valence-electron chi connectivity index (χ4n) is 1.83. The number of aromatic nitrogens is 1. The number of rotatable bonds is 4. The summed E-state index contributed by atoms with van der Waals surface area (Å²) in [6.45, 7) is 2.12. The summed E-state index contributed by atoms with van der Waals surface area (Å²) in [7, 11) is 0. The molecule has 1 N–H and O–H groups in total. The van der Waals surface area contributed by atoms with Gasteiger partial charge in [-0.1, -0.05) is 30.3 Å². The number of pyridine rings is 1. The van der Waals surface area contributed by atoms with Crippen LogP contribution in [0.5, 0.6) is 5.75 Å². The van der Waals surface area contributed by atoms with Gasteiger partial charge in [-0.25, -0.2) is 0 Å². The molecule has 0 spiro atoms. The Morgan fingerprint density at radius 2 is 2.00 bits per heavy atom. The Balaban J connectivity index is 2.77. The molecule has 1 aromatic carbocycles. The van der Waals surface area contributed by atoms with E-state index in [4.69, 9.17) is 4.74 Å². The molecule has 6 nitrogen and oxygen atoms in total. The van der Waals surface area contributed by atoms with Gasteiger partial charge in [0.25, 0.3) is 0 Å². The van der Waals surface area contributed by atoms with E-state index < -0.39 is 16.2 Å². The molecule has 0 aliphatic rings. The van der Waals surface area contributed by atoms with Crippen molar-refractivity contribution >= 4 is 5.69 Å². The summed E-state index contributed by atoms with van der Waals surface area (Å²) in [6.07, 6.45) is 1.35. The number of ether oxygens (including phenoxy) is 1. The molecule has 0 bridgehead atoms. The van der Waals surface area contributed by atoms with Crippen molar-refractivity contribution in [1.29, 1.82) is 0 Å². The van der Waals surface area contributed by atoms with Gasteiger partial charge in [-0.3, -0.25) is 14.9 Å². The topological polar surface area (TPSA) is 85.2 Å². The second-order valence-corrected chi connectivity index (χ2v) is 3.76. The van der Waals surface area contributed by atoms with Gasteiger partial charge in [0, 0.05) is 6.20 Å². The largest absolute Gasteiger partial charge is 0.491 e. The number of nitro groups is 1. The number of aromatic amines is 1. The van der Waals surface area contributed by atoms with Gasteiger partial charge in [-0.15, -0.1) is 0 Å². The van der Waals surface area contributed by atoms with Crippen LogP contribution in [-0.2, 0) is 0 Å². The number of nitrogens with zero attached hydrogens (tertiary/aromatic N) is 1. The van der Waals surface area contributed by atoms with E-state index in [1.54, 1.807) is 37.3 Å². The molecule has 98 valence electrons. The van der Waals surface area contributed by atoms with E-state index in [1.165, 1.54) is 6.20 Å². The molecular weight excluding hydrogens is 248 g/mol. The van der Waals surface area contributed by atoms with Gasteiger partial charge in [0.05, 0.1) is 11.5 Å². The maximum Gasteiger partial charge on any atom is 0.345 e. The highest BCUT2D eigenvalue weighted by Gasteiger charge is 2.24. The van der Waals surface area contributed by atoms with Gasteiger partial charge >= 0.3 is 11.2 Å². The van der Waals surface area contributed by atoms with Crippen LogP contribution in [0.1, 0.15) is 6.92 Å². The predicted molar refractivity (Wildman–Crippen MR) is 70.3 cm³/mol. The van der Waals surface area contributed by atoms with E-state index in [9.17, 15) is 14.9 Å². The first-order chi connectivity index (χ1) is 9.15. The molecule has 0 radical (unpaired) electrons. The van der Waals surface area contributed by atoms with Gasteiger partial charge in [-0.2, -0.15) is 0 Å². The van der Waals surface area contributed by atoms with E-state index in [1.807, 2.05) is 0 Å². The lowest BCUT2D eigenvalue weighted by molar-refractivity contribution is -0.385. The van der Waals surface area contributed by atoms with Gasteiger partial charge < -0.3 is 9.72 Å². The van der Waals surface area contributed by atoms with Crippen molar-refractivity contribution in [3.63, 3.8) is 0 Å². The molecule has 0 aliphatic carbocycles. The van der Waals surface area contributed by atoms with Crippen LogP contribution >= 0.6 is 0 Å². The van der Waals surface area contributed by atoms with Gasteiger partial charge in [-0.05, 0) is 12.5 Å². The lowest BCUT2D eigenvalue weighted by Crippen LogP contribution is -2.13. The highest BCUT2D eigenvalue weighted by atomic mass is 16.6. The molecule has 1 aromatic heterocycles. The molecule has 0 aliphatic heterocycles. The molecule has 2 rings (SSSR count). The van der Waals surface area contributed by atoms with Crippen molar-refractivity contribution in [3.05, 3.63) is 57.0 Å². The molecule has 0 saturated heterocycles. The van der Waals surface area contributed by atoms with Crippen LogP contribution in [0, 0.1) is 10.1 Å². The van der Waals surface area contributed by atoms with Crippen molar-refractivity contribution < 1.29 is 9.66 Å². The van der Waals surface area contributed by atoms with Gasteiger partial charge in [0.2, 0.25) is 0 Å². The maximum absolute atomic E-state index is 11.7. The van der Waals surface area contributed by atoms with Gasteiger partial charge in [0.15, 0.2) is 0 Å². The summed E-state index contributed by atoms with van der Waals surface area (Å²) >= 11 is 0. The Morgan fingerprint density at radius 1 is 1.32 bits per heavy atom. The van der Waals surface area contributed by atoms with E-state index in [0.29, 0.717) is 17.9 Å². The van der Waals surface area contributed by atoms with Crippen LogP contribution in [-0.4, -0.2) is 16.5 Å². The Kier molecular flexibility index (Phi) is 3.61. The van der Waals surface area contributed by atoms with Crippen molar-refractivity contribution in [2.24, 2.45) is 0 Å². The average Bonchev–Trinajstić information content (AvgIpc) is 2.41. The van der Waals surface area contributed by atoms with Crippen LogP contribution in [0.2, 0.25) is 0 Å². The number of benzene rings is 1. The standard InChI is InChI=1S/C13H12N2O4/c1-2-19-10-8-14-13(16)12(15(17)18)11(10)9-6-4-3-5-7-9/h3-8H,2H2,1H3,(H,14,16). The Labute approximate surface area is 108 Å². The third kappa shape index (κ3) is 2.47. The SMILES string of the molecule is CCOc1c[nH]c(=O)c([N+](=O)[O-])c1-c1ccccc1. The molecule has 0 atom stereocenters. The quantitative estimate of drug-likeness (QED) is 0.675. The summed E-state index contributed by atoms with van der Waals surface area (Å²) < 4.78 is 5.36. The number of hydrogen-bond donors (Lipinski definition) is 1. The predicted octanol–water partition coefficient (Wildman–Crippen LogP) is 2.35. The minimum atomic E-state index is -0.743. The molecule has 0 fully saturated rings. The zero-order chi connectivity index (χ0) is 13.8. The smallest absolute Gasteiger partial charge is 0.345 e. The molecule has 2 aromatic rings. The van der Waals surface area contributed by atoms with E-state index >= 15 is 0 Å². The minimum absolute atomic E-state index is 0.205. The molecule has 19 heavy (non-hydrogen) atoms. The average molecular weight is 260 g/mol. The second kappa shape index (κ2) is 5.34. The maximum atomic E-state index is 11.7. The van der Waals surface area contributed by atoms with Crippen LogP contribution in [0.15, 0.2) is 41.3 Å². The molecule has 0 saturated carbocycles. The summed E-state index contributed by atoms with van der Waals surface area (Å²) in [6, 6.07) is 8.68. The van der Waals surface area contributed by atoms with Crippen molar-refractivity contribution in [1.82, 2.24) is 4.98 Å². The first kappa shape index (κ1) is 12.8. The zero-order valence-corrected chi connectivity index (χ0v) is 10.3. The number of nitrogens with one attached hydrogen (secondary N) is 1. The van der Waals surface area contributed by atoms with Gasteiger partial charge in [0.1, 0.15) is 11.3 Å². The lowest BCUT2D eigenvalue weighted by Gasteiger charge is -2.09. The van der Waals surface area contributed by atoms with E-state index in [2.05, 4.69) is 4.98 Å². The van der Waals surface area contributed by atoms with Crippen molar-refractivity contribution in [2.45, 2.75) is 6.92 Å². The van der Waals surface area contributed by atoms with E-state index in [0.717, 1.165) is 0 Å². The molecule has 1 heterocycles. The van der Waals surface area contributed by atoms with Crippen molar-refractivity contribution in [2.75, 3.05) is 6.61 Å². The lowest BCUT2D eigenvalue weighted by atomic mass is 10.0. The first-order valence-electron chi connectivity index (χ1n) is 5.73. The monoisotopic (exact) mass is 260 g/mol. The molecular formula is C13H12N2O4. The highest BCUT2D eigenvalue weighted by Crippen LogP contribution is 2.34. The van der Waals surface area contributed by atoms with Crippen LogP contribution in [0.3, 0.4) is 0 Å². The zero-order valence-electron chi connectivity index (χ0n) is 10.3. The highest BCUT2D eigenvalue weighted by molar-refractivity contribution is 5.78. The summed E-state index contributed by atoms with van der Waals surface area (Å²) in [5.74, 6) is 0.292. The Morgan fingerprint density at radius 3 is 2.58 bits per heavy atom. The summed E-state index contributed by atoms with van der Waals surface area (Å²) in [5.41, 5.74) is -0.468. The summed E-state index contributed by atoms with van der Waals surface area (Å²) in [5, 5.41) is 11.1. The summed E-state index contributed by atoms with van der Waals surface area (Å²) in [4.78, 5) is 24.4. The molecule has 0 amide bonds. The first-order valence-corrected chi connectivity index (χ1v) is 5.73. The molecule has 0 unspecified atom stereocenters. The Hall–Kier alpha value is -2.63. The van der Waals surface area contributed by atoms with E-state index in [-0.39, 0.29) is 5.56 Å². The second-order valence-electron chi connectivity index (χ2n) is 3.76.